The Kier molecular flexibility index (Phi) is 1.83. The molecule has 0 radical (unpaired) electrons. The van der Waals surface area contributed by atoms with Crippen LogP contribution in [0, 0.1) is 0 Å². The van der Waals surface area contributed by atoms with Crippen LogP contribution in [0.25, 0.3) is 32.9 Å². The van der Waals surface area contributed by atoms with Gasteiger partial charge in [-0.1, -0.05) is 36.4 Å². The molecule has 2 N–H and O–H groups in total. The highest BCUT2D eigenvalue weighted by Gasteiger charge is 2.09. The fourth-order valence-electron chi connectivity index (χ4n) is 2.49. The number of nitrogens with zero attached hydrogens (tertiary/aromatic N) is 1. The van der Waals surface area contributed by atoms with Gasteiger partial charge in [-0.05, 0) is 11.5 Å². The molecular weight excluding hydrogens is 222 g/mol. The van der Waals surface area contributed by atoms with Gasteiger partial charge in [-0.15, -0.1) is 0 Å². The molecule has 0 bridgehead atoms. The Morgan fingerprint density at radius 3 is 2.83 bits per heavy atom. The molecule has 4 aromatic rings. The van der Waals surface area contributed by atoms with Crippen molar-refractivity contribution in [3.63, 3.8) is 0 Å². The summed E-state index contributed by atoms with van der Waals surface area (Å²) in [7, 11) is 0. The molecule has 3 heteroatoms. The number of benzene rings is 2. The molecular formula is C15H11N3. The van der Waals surface area contributed by atoms with Gasteiger partial charge in [-0.25, -0.2) is 0 Å². The van der Waals surface area contributed by atoms with Gasteiger partial charge in [0, 0.05) is 22.5 Å². The summed E-state index contributed by atoms with van der Waals surface area (Å²) < 4.78 is 0. The highest BCUT2D eigenvalue weighted by molar-refractivity contribution is 6.03. The second-order valence-corrected chi connectivity index (χ2v) is 4.39. The van der Waals surface area contributed by atoms with Crippen molar-refractivity contribution in [2.75, 3.05) is 0 Å². The molecule has 0 aliphatic heterocycles. The molecule has 0 aliphatic rings. The second kappa shape index (κ2) is 3.47. The first kappa shape index (κ1) is 9.48. The number of hydrogen-bond acceptors (Lipinski definition) is 1. The van der Waals surface area contributed by atoms with E-state index in [1.54, 1.807) is 0 Å². The van der Waals surface area contributed by atoms with Crippen LogP contribution in [-0.2, 0) is 0 Å². The third-order valence-corrected chi connectivity index (χ3v) is 3.36. The smallest absolute Gasteiger partial charge is 0.0657 e. The molecule has 0 spiro atoms. The maximum atomic E-state index is 4.11. The Balaban J connectivity index is 2.10. The molecule has 86 valence electrons. The molecule has 0 atom stereocenters. The van der Waals surface area contributed by atoms with Crippen LogP contribution in [0.4, 0.5) is 0 Å². The molecule has 2 aromatic heterocycles. The number of fused-ring (bicyclic) bond motifs is 2. The Labute approximate surface area is 103 Å². The zero-order chi connectivity index (χ0) is 11.9. The summed E-state index contributed by atoms with van der Waals surface area (Å²) in [6.07, 6.45) is 3.92. The monoisotopic (exact) mass is 233 g/mol. The van der Waals surface area contributed by atoms with Crippen LogP contribution in [0.2, 0.25) is 0 Å². The maximum Gasteiger partial charge on any atom is 0.0657 e. The van der Waals surface area contributed by atoms with Crippen molar-refractivity contribution in [2.45, 2.75) is 0 Å². The minimum absolute atomic E-state index is 1.06. The van der Waals surface area contributed by atoms with E-state index in [9.17, 15) is 0 Å². The largest absolute Gasteiger partial charge is 0.360 e. The summed E-state index contributed by atoms with van der Waals surface area (Å²) in [5.41, 5.74) is 3.39. The van der Waals surface area contributed by atoms with Gasteiger partial charge in [-0.3, -0.25) is 5.10 Å². The Morgan fingerprint density at radius 2 is 1.83 bits per heavy atom. The van der Waals surface area contributed by atoms with Gasteiger partial charge in [0.25, 0.3) is 0 Å². The summed E-state index contributed by atoms with van der Waals surface area (Å²) in [6, 6.07) is 14.6. The van der Waals surface area contributed by atoms with Crippen molar-refractivity contribution >= 4 is 21.7 Å². The van der Waals surface area contributed by atoms with Gasteiger partial charge in [-0.2, -0.15) is 5.10 Å². The van der Waals surface area contributed by atoms with Crippen molar-refractivity contribution in [3.8, 4) is 11.3 Å². The van der Waals surface area contributed by atoms with Crippen LogP contribution in [0.15, 0.2) is 54.9 Å². The lowest BCUT2D eigenvalue weighted by Crippen LogP contribution is -1.79. The van der Waals surface area contributed by atoms with Crippen LogP contribution in [0.5, 0.6) is 0 Å². The second-order valence-electron chi connectivity index (χ2n) is 4.39. The minimum atomic E-state index is 1.06. The van der Waals surface area contributed by atoms with E-state index >= 15 is 0 Å². The van der Waals surface area contributed by atoms with E-state index in [4.69, 9.17) is 0 Å². The predicted molar refractivity (Wildman–Crippen MR) is 73.4 cm³/mol. The van der Waals surface area contributed by atoms with Gasteiger partial charge >= 0.3 is 0 Å². The molecule has 0 saturated carbocycles. The van der Waals surface area contributed by atoms with E-state index in [1.165, 1.54) is 16.3 Å². The minimum Gasteiger partial charge on any atom is -0.360 e. The Hall–Kier alpha value is -2.55. The van der Waals surface area contributed by atoms with Crippen molar-refractivity contribution in [3.05, 3.63) is 54.9 Å². The fourth-order valence-corrected chi connectivity index (χ4v) is 2.49. The van der Waals surface area contributed by atoms with Crippen LogP contribution >= 0.6 is 0 Å². The molecule has 0 amide bonds. The summed E-state index contributed by atoms with van der Waals surface area (Å²) in [4.78, 5) is 3.37. The predicted octanol–water partition coefficient (Wildman–Crippen LogP) is 3.71. The average Bonchev–Trinajstić information content (AvgIpc) is 3.05. The molecule has 18 heavy (non-hydrogen) atoms. The van der Waals surface area contributed by atoms with Crippen LogP contribution in [-0.4, -0.2) is 15.2 Å². The molecule has 2 aromatic carbocycles. The standard InChI is InChI=1S/C15H11N3/c1-2-5-11-10(4-1)8-16-15(11)12-6-3-7-14-13(12)9-17-18-14/h1-9,16H,(H,17,18). The average molecular weight is 233 g/mol. The molecule has 0 aliphatic carbocycles. The molecule has 0 fully saturated rings. The SMILES string of the molecule is c1ccc2c(-c3cccc4[nH]ncc34)[nH]cc2c1. The van der Waals surface area contributed by atoms with E-state index in [0.29, 0.717) is 0 Å². The number of rotatable bonds is 1. The lowest BCUT2D eigenvalue weighted by molar-refractivity contribution is 1.12. The highest BCUT2D eigenvalue weighted by atomic mass is 15.1. The normalized spacial score (nSPS) is 11.3. The summed E-state index contributed by atoms with van der Waals surface area (Å²) in [5, 5.41) is 10.7. The van der Waals surface area contributed by atoms with E-state index in [1.807, 2.05) is 24.5 Å². The zero-order valence-electron chi connectivity index (χ0n) is 9.64. The van der Waals surface area contributed by atoms with Crippen molar-refractivity contribution in [2.24, 2.45) is 0 Å². The number of aromatic amines is 2. The van der Waals surface area contributed by atoms with E-state index in [-0.39, 0.29) is 0 Å². The van der Waals surface area contributed by atoms with Gasteiger partial charge in [0.15, 0.2) is 0 Å². The number of aromatic nitrogens is 3. The first-order valence-electron chi connectivity index (χ1n) is 5.92. The van der Waals surface area contributed by atoms with Crippen molar-refractivity contribution in [1.82, 2.24) is 15.2 Å². The zero-order valence-corrected chi connectivity index (χ0v) is 9.64. The van der Waals surface area contributed by atoms with E-state index < -0.39 is 0 Å². The Morgan fingerprint density at radius 1 is 0.889 bits per heavy atom. The van der Waals surface area contributed by atoms with Gasteiger partial charge in [0.1, 0.15) is 0 Å². The summed E-state index contributed by atoms with van der Waals surface area (Å²) >= 11 is 0. The Bertz CT molecular complexity index is 839. The lowest BCUT2D eigenvalue weighted by Gasteiger charge is -2.01. The van der Waals surface area contributed by atoms with Crippen LogP contribution in [0.3, 0.4) is 0 Å². The first-order valence-corrected chi connectivity index (χ1v) is 5.92. The first-order chi connectivity index (χ1) is 8.93. The topological polar surface area (TPSA) is 44.5 Å². The van der Waals surface area contributed by atoms with Gasteiger partial charge in [0.2, 0.25) is 0 Å². The van der Waals surface area contributed by atoms with Gasteiger partial charge < -0.3 is 4.98 Å². The van der Waals surface area contributed by atoms with Gasteiger partial charge in [0.05, 0.1) is 17.4 Å². The third kappa shape index (κ3) is 1.21. The molecule has 4 rings (SSSR count). The summed E-state index contributed by atoms with van der Waals surface area (Å²) in [5.74, 6) is 0. The van der Waals surface area contributed by atoms with E-state index in [0.717, 1.165) is 16.6 Å². The molecule has 2 heterocycles. The van der Waals surface area contributed by atoms with Crippen molar-refractivity contribution < 1.29 is 0 Å². The van der Waals surface area contributed by atoms with Crippen molar-refractivity contribution in [1.29, 1.82) is 0 Å². The third-order valence-electron chi connectivity index (χ3n) is 3.36. The lowest BCUT2D eigenvalue weighted by atomic mass is 10.0. The fraction of sp³-hybridized carbons (Fsp3) is 0. The highest BCUT2D eigenvalue weighted by Crippen LogP contribution is 2.32. The van der Waals surface area contributed by atoms with Crippen LogP contribution < -0.4 is 0 Å². The van der Waals surface area contributed by atoms with E-state index in [2.05, 4.69) is 45.5 Å². The quantitative estimate of drug-likeness (QED) is 0.517. The number of H-pyrrole nitrogens is 2. The maximum absolute atomic E-state index is 4.11. The molecule has 0 saturated heterocycles. The number of hydrogen-bond donors (Lipinski definition) is 2. The van der Waals surface area contributed by atoms with Crippen LogP contribution in [0.1, 0.15) is 0 Å². The number of nitrogens with one attached hydrogen (secondary N) is 2. The summed E-state index contributed by atoms with van der Waals surface area (Å²) in [6.45, 7) is 0. The molecule has 3 nitrogen and oxygen atoms in total. The molecule has 0 unspecified atom stereocenters.